The van der Waals surface area contributed by atoms with Gasteiger partial charge in [0, 0.05) is 18.3 Å². The summed E-state index contributed by atoms with van der Waals surface area (Å²) in [5.74, 6) is -0.108. The molecule has 1 amide bonds. The van der Waals surface area contributed by atoms with E-state index < -0.39 is 0 Å². The third-order valence-electron chi connectivity index (χ3n) is 3.59. The van der Waals surface area contributed by atoms with Gasteiger partial charge in [0.05, 0.1) is 17.4 Å². The number of aryl methyl sites for hydroxylation is 3. The van der Waals surface area contributed by atoms with Crippen molar-refractivity contribution in [1.29, 1.82) is 0 Å². The minimum atomic E-state index is -0.108. The van der Waals surface area contributed by atoms with E-state index in [0.29, 0.717) is 4.88 Å². The number of rotatable bonds is 5. The molecule has 1 unspecified atom stereocenters. The highest BCUT2D eigenvalue weighted by molar-refractivity contribution is 7.08. The van der Waals surface area contributed by atoms with Gasteiger partial charge in [0.25, 0.3) is 5.91 Å². The minimum absolute atomic E-state index is 0.0947. The van der Waals surface area contributed by atoms with Crippen LogP contribution in [0.15, 0.2) is 0 Å². The molecule has 0 aliphatic rings. The summed E-state index contributed by atoms with van der Waals surface area (Å²) in [7, 11) is 1.91. The van der Waals surface area contributed by atoms with E-state index in [2.05, 4.69) is 26.9 Å². The maximum atomic E-state index is 12.4. The van der Waals surface area contributed by atoms with Gasteiger partial charge in [-0.25, -0.2) is 0 Å². The fraction of sp³-hybridized carbons (Fsp3) is 0.571. The van der Waals surface area contributed by atoms with E-state index in [9.17, 15) is 4.79 Å². The summed E-state index contributed by atoms with van der Waals surface area (Å²) in [6.45, 7) is 8.01. The van der Waals surface area contributed by atoms with Gasteiger partial charge in [0.15, 0.2) is 0 Å². The molecule has 0 saturated heterocycles. The van der Waals surface area contributed by atoms with Crippen LogP contribution in [0.1, 0.15) is 58.6 Å². The average molecular weight is 307 g/mol. The zero-order valence-corrected chi connectivity index (χ0v) is 13.9. The second-order valence-electron chi connectivity index (χ2n) is 5.20. The summed E-state index contributed by atoms with van der Waals surface area (Å²) in [6, 6.07) is -0.0947. The number of aromatic nitrogens is 4. The van der Waals surface area contributed by atoms with Crippen molar-refractivity contribution in [3.8, 4) is 0 Å². The number of amides is 1. The SMILES string of the molecule is CCCc1nnsc1C(=O)NC(C)c1c(C)nn(C)c1C. The minimum Gasteiger partial charge on any atom is -0.345 e. The zero-order chi connectivity index (χ0) is 15.6. The highest BCUT2D eigenvalue weighted by Crippen LogP contribution is 2.22. The molecule has 6 nitrogen and oxygen atoms in total. The molecule has 1 atom stereocenters. The van der Waals surface area contributed by atoms with Crippen LogP contribution in [0.5, 0.6) is 0 Å². The summed E-state index contributed by atoms with van der Waals surface area (Å²) in [6.07, 6.45) is 1.72. The van der Waals surface area contributed by atoms with Gasteiger partial charge >= 0.3 is 0 Å². The molecule has 0 aromatic carbocycles. The summed E-state index contributed by atoms with van der Waals surface area (Å²) < 4.78 is 5.73. The lowest BCUT2D eigenvalue weighted by Crippen LogP contribution is -2.27. The molecule has 1 N–H and O–H groups in total. The van der Waals surface area contributed by atoms with E-state index in [-0.39, 0.29) is 11.9 Å². The number of hydrogen-bond acceptors (Lipinski definition) is 5. The van der Waals surface area contributed by atoms with Crippen molar-refractivity contribution >= 4 is 17.4 Å². The third kappa shape index (κ3) is 3.12. The Morgan fingerprint density at radius 2 is 2.14 bits per heavy atom. The Bertz CT molecular complexity index is 646. The standard InChI is InChI=1S/C14H21N5OS/c1-6-7-11-13(21-18-16-11)14(20)15-8(2)12-9(3)17-19(5)10(12)4/h8H,6-7H2,1-5H3,(H,15,20). The topological polar surface area (TPSA) is 72.7 Å². The fourth-order valence-corrected chi connectivity index (χ4v) is 3.14. The van der Waals surface area contributed by atoms with Gasteiger partial charge in [-0.3, -0.25) is 9.48 Å². The highest BCUT2D eigenvalue weighted by atomic mass is 32.1. The molecule has 114 valence electrons. The van der Waals surface area contributed by atoms with Gasteiger partial charge in [-0.15, -0.1) is 5.10 Å². The number of hydrogen-bond donors (Lipinski definition) is 1. The Morgan fingerprint density at radius 3 is 2.71 bits per heavy atom. The molecule has 0 fully saturated rings. The van der Waals surface area contributed by atoms with Crippen LogP contribution in [0, 0.1) is 13.8 Å². The van der Waals surface area contributed by atoms with Crippen LogP contribution in [0.25, 0.3) is 0 Å². The van der Waals surface area contributed by atoms with E-state index >= 15 is 0 Å². The van der Waals surface area contributed by atoms with Crippen molar-refractivity contribution < 1.29 is 4.79 Å². The zero-order valence-electron chi connectivity index (χ0n) is 13.1. The first-order valence-corrected chi connectivity index (χ1v) is 7.85. The molecule has 2 aromatic heterocycles. The quantitative estimate of drug-likeness (QED) is 0.920. The molecular formula is C14H21N5OS. The van der Waals surface area contributed by atoms with Gasteiger partial charge in [0.2, 0.25) is 0 Å². The molecule has 2 heterocycles. The second-order valence-corrected chi connectivity index (χ2v) is 5.96. The van der Waals surface area contributed by atoms with Crippen LogP contribution in [0.2, 0.25) is 0 Å². The normalized spacial score (nSPS) is 12.4. The Balaban J connectivity index is 2.17. The van der Waals surface area contributed by atoms with Crippen LogP contribution >= 0.6 is 11.5 Å². The number of nitrogens with zero attached hydrogens (tertiary/aromatic N) is 4. The molecule has 0 bridgehead atoms. The smallest absolute Gasteiger partial charge is 0.265 e. The summed E-state index contributed by atoms with van der Waals surface area (Å²) >= 11 is 1.15. The monoisotopic (exact) mass is 307 g/mol. The molecule has 0 radical (unpaired) electrons. The maximum absolute atomic E-state index is 12.4. The Kier molecular flexibility index (Phi) is 4.72. The molecule has 7 heteroatoms. The highest BCUT2D eigenvalue weighted by Gasteiger charge is 2.21. The lowest BCUT2D eigenvalue weighted by atomic mass is 10.1. The Hall–Kier alpha value is -1.76. The van der Waals surface area contributed by atoms with Crippen LogP contribution in [0.3, 0.4) is 0 Å². The summed E-state index contributed by atoms with van der Waals surface area (Å²) in [5, 5.41) is 11.5. The van der Waals surface area contributed by atoms with Crippen LogP contribution < -0.4 is 5.32 Å². The fourth-order valence-electron chi connectivity index (χ4n) is 2.53. The van der Waals surface area contributed by atoms with Gasteiger partial charge in [-0.2, -0.15) is 5.10 Å². The lowest BCUT2D eigenvalue weighted by Gasteiger charge is -2.14. The van der Waals surface area contributed by atoms with Crippen molar-refractivity contribution in [1.82, 2.24) is 24.7 Å². The van der Waals surface area contributed by atoms with Crippen molar-refractivity contribution in [2.75, 3.05) is 0 Å². The molecule has 21 heavy (non-hydrogen) atoms. The third-order valence-corrected chi connectivity index (χ3v) is 4.36. The van der Waals surface area contributed by atoms with E-state index in [1.165, 1.54) is 0 Å². The second kappa shape index (κ2) is 6.34. The average Bonchev–Trinajstić information content (AvgIpc) is 2.96. The predicted molar refractivity (Wildman–Crippen MR) is 82.5 cm³/mol. The van der Waals surface area contributed by atoms with Crippen molar-refractivity contribution in [3.63, 3.8) is 0 Å². The molecule has 0 spiro atoms. The largest absolute Gasteiger partial charge is 0.345 e. The van der Waals surface area contributed by atoms with Crippen LogP contribution in [-0.4, -0.2) is 25.3 Å². The number of nitrogens with one attached hydrogen (secondary N) is 1. The Morgan fingerprint density at radius 1 is 1.43 bits per heavy atom. The molecule has 0 aliphatic carbocycles. The summed E-state index contributed by atoms with van der Waals surface area (Å²) in [4.78, 5) is 13.0. The molecule has 0 aliphatic heterocycles. The number of carbonyl (C=O) groups is 1. The predicted octanol–water partition coefficient (Wildman–Crippen LogP) is 2.33. The first-order valence-electron chi connectivity index (χ1n) is 7.07. The van der Waals surface area contributed by atoms with E-state index in [0.717, 1.165) is 47.0 Å². The van der Waals surface area contributed by atoms with Gasteiger partial charge in [-0.1, -0.05) is 17.8 Å². The van der Waals surface area contributed by atoms with Gasteiger partial charge < -0.3 is 5.32 Å². The molecular weight excluding hydrogens is 286 g/mol. The molecule has 2 rings (SSSR count). The first-order chi connectivity index (χ1) is 9.95. The van der Waals surface area contributed by atoms with Crippen molar-refractivity contribution in [2.24, 2.45) is 7.05 Å². The van der Waals surface area contributed by atoms with Crippen LogP contribution in [-0.2, 0) is 13.5 Å². The Labute approximate surface area is 128 Å². The molecule has 0 saturated carbocycles. The van der Waals surface area contributed by atoms with E-state index in [1.807, 2.05) is 32.5 Å². The van der Waals surface area contributed by atoms with Gasteiger partial charge in [0.1, 0.15) is 4.88 Å². The lowest BCUT2D eigenvalue weighted by molar-refractivity contribution is 0.0942. The summed E-state index contributed by atoms with van der Waals surface area (Å²) in [5.41, 5.74) is 3.86. The van der Waals surface area contributed by atoms with E-state index in [1.54, 1.807) is 0 Å². The van der Waals surface area contributed by atoms with Crippen molar-refractivity contribution in [3.05, 3.63) is 27.5 Å². The van der Waals surface area contributed by atoms with Gasteiger partial charge in [-0.05, 0) is 38.7 Å². The maximum Gasteiger partial charge on any atom is 0.265 e. The van der Waals surface area contributed by atoms with E-state index in [4.69, 9.17) is 0 Å². The number of carbonyl (C=O) groups excluding carboxylic acids is 1. The molecule has 2 aromatic rings. The first kappa shape index (κ1) is 15.6. The van der Waals surface area contributed by atoms with Crippen LogP contribution in [0.4, 0.5) is 0 Å². The van der Waals surface area contributed by atoms with Crippen molar-refractivity contribution in [2.45, 2.75) is 46.6 Å².